The van der Waals surface area contributed by atoms with Crippen molar-refractivity contribution in [2.75, 3.05) is 30.4 Å². The fourth-order valence-electron chi connectivity index (χ4n) is 4.56. The van der Waals surface area contributed by atoms with E-state index < -0.39 is 5.97 Å². The van der Waals surface area contributed by atoms with Gasteiger partial charge in [0.15, 0.2) is 5.75 Å². The quantitative estimate of drug-likeness (QED) is 0.317. The third kappa shape index (κ3) is 7.87. The molecular formula is C28H40ClN3O4. The van der Waals surface area contributed by atoms with Gasteiger partial charge >= 0.3 is 12.0 Å². The number of nitrogens with one attached hydrogen (secondary N) is 1. The molecule has 7 nitrogen and oxygen atoms in total. The zero-order chi connectivity index (χ0) is 25.4. The lowest BCUT2D eigenvalue weighted by atomic mass is 9.85. The molecule has 2 amide bonds. The molecule has 0 bridgehead atoms. The minimum absolute atomic E-state index is 0. The Bertz CT molecular complexity index is 1000. The van der Waals surface area contributed by atoms with Gasteiger partial charge in [0.1, 0.15) is 5.75 Å². The van der Waals surface area contributed by atoms with E-state index in [2.05, 4.69) is 5.32 Å². The van der Waals surface area contributed by atoms with Gasteiger partial charge in [-0.15, -0.1) is 12.4 Å². The summed E-state index contributed by atoms with van der Waals surface area (Å²) in [6.07, 6.45) is 7.20. The molecule has 1 aliphatic rings. The summed E-state index contributed by atoms with van der Waals surface area (Å²) < 4.78 is 11.1. The zero-order valence-electron chi connectivity index (χ0n) is 21.8. The Morgan fingerprint density at radius 2 is 1.75 bits per heavy atom. The van der Waals surface area contributed by atoms with Crippen LogP contribution in [0.25, 0.3) is 0 Å². The van der Waals surface area contributed by atoms with Gasteiger partial charge in [-0.25, -0.2) is 4.79 Å². The maximum atomic E-state index is 13.7. The lowest BCUT2D eigenvalue weighted by Crippen LogP contribution is -2.37. The first-order valence-corrected chi connectivity index (χ1v) is 12.5. The van der Waals surface area contributed by atoms with Crippen molar-refractivity contribution >= 4 is 35.8 Å². The van der Waals surface area contributed by atoms with Crippen molar-refractivity contribution in [1.29, 1.82) is 0 Å². The number of carbonyl (C=O) groups is 2. The van der Waals surface area contributed by atoms with Crippen LogP contribution >= 0.6 is 12.4 Å². The molecule has 0 saturated heterocycles. The van der Waals surface area contributed by atoms with E-state index in [0.29, 0.717) is 29.6 Å². The number of carbonyl (C=O) groups excluding carboxylic acids is 2. The molecule has 2 aromatic carbocycles. The summed E-state index contributed by atoms with van der Waals surface area (Å²) >= 11 is 0. The van der Waals surface area contributed by atoms with Crippen molar-refractivity contribution in [3.8, 4) is 11.5 Å². The number of ether oxygens (including phenoxy) is 2. The molecule has 1 fully saturated rings. The number of hydrogen-bond donors (Lipinski definition) is 2. The van der Waals surface area contributed by atoms with Crippen molar-refractivity contribution in [1.82, 2.24) is 0 Å². The van der Waals surface area contributed by atoms with Gasteiger partial charge in [-0.05, 0) is 36.0 Å². The highest BCUT2D eigenvalue weighted by atomic mass is 35.5. The maximum absolute atomic E-state index is 13.7. The summed E-state index contributed by atoms with van der Waals surface area (Å²) in [5.41, 5.74) is 7.08. The Morgan fingerprint density at radius 3 is 2.33 bits per heavy atom. The number of rotatable bonds is 8. The molecule has 0 heterocycles. The molecule has 0 atom stereocenters. The molecule has 0 aliphatic heterocycles. The third-order valence-corrected chi connectivity index (χ3v) is 6.53. The van der Waals surface area contributed by atoms with Gasteiger partial charge in [0.25, 0.3) is 0 Å². The second-order valence-corrected chi connectivity index (χ2v) is 10.2. The maximum Gasteiger partial charge on any atom is 0.326 e. The molecule has 0 aromatic heterocycles. The van der Waals surface area contributed by atoms with Crippen molar-refractivity contribution in [2.45, 2.75) is 64.7 Å². The minimum Gasteiger partial charge on any atom is -0.497 e. The summed E-state index contributed by atoms with van der Waals surface area (Å²) in [5.74, 6) is 0.912. The molecule has 1 saturated carbocycles. The lowest BCUT2D eigenvalue weighted by molar-refractivity contribution is -0.132. The van der Waals surface area contributed by atoms with Crippen LogP contribution in [0.15, 0.2) is 42.5 Å². The number of hydrogen-bond acceptors (Lipinski definition) is 5. The molecule has 8 heteroatoms. The SMILES string of the molecule is COc1cc(NC(=O)N(CCC2CCCCC2)c2ccccc2)c(OC(=O)CN)c(C(C)(C)C)c1.Cl. The van der Waals surface area contributed by atoms with E-state index in [1.165, 1.54) is 32.1 Å². The van der Waals surface area contributed by atoms with Crippen molar-refractivity contribution in [3.05, 3.63) is 48.0 Å². The van der Waals surface area contributed by atoms with Gasteiger partial charge in [0.05, 0.1) is 19.3 Å². The van der Waals surface area contributed by atoms with Crippen LogP contribution in [0, 0.1) is 5.92 Å². The Hall–Kier alpha value is -2.77. The molecule has 0 spiro atoms. The molecule has 3 rings (SSSR count). The van der Waals surface area contributed by atoms with Gasteiger partial charge in [0.2, 0.25) is 0 Å². The van der Waals surface area contributed by atoms with Gasteiger partial charge in [-0.3, -0.25) is 9.69 Å². The first-order valence-electron chi connectivity index (χ1n) is 12.5. The van der Waals surface area contributed by atoms with E-state index in [4.69, 9.17) is 15.2 Å². The van der Waals surface area contributed by atoms with Gasteiger partial charge in [-0.2, -0.15) is 0 Å². The average Bonchev–Trinajstić information content (AvgIpc) is 2.85. The number of amides is 2. The number of esters is 1. The fourth-order valence-corrected chi connectivity index (χ4v) is 4.56. The van der Waals surface area contributed by atoms with Gasteiger partial charge < -0.3 is 20.5 Å². The number of nitrogens with zero attached hydrogens (tertiary/aromatic N) is 1. The van der Waals surface area contributed by atoms with E-state index in [9.17, 15) is 9.59 Å². The zero-order valence-corrected chi connectivity index (χ0v) is 22.7. The Morgan fingerprint density at radius 1 is 1.08 bits per heavy atom. The van der Waals surface area contributed by atoms with Crippen molar-refractivity contribution in [2.24, 2.45) is 11.7 Å². The fraction of sp³-hybridized carbons (Fsp3) is 0.500. The number of methoxy groups -OCH3 is 1. The molecule has 3 N–H and O–H groups in total. The van der Waals surface area contributed by atoms with Crippen LogP contribution in [0.4, 0.5) is 16.2 Å². The average molecular weight is 518 g/mol. The number of halogens is 1. The van der Waals surface area contributed by atoms with E-state index in [0.717, 1.165) is 17.7 Å². The molecule has 2 aromatic rings. The predicted molar refractivity (Wildman–Crippen MR) is 148 cm³/mol. The Balaban J connectivity index is 0.00000456. The number of para-hydroxylation sites is 1. The number of urea groups is 1. The third-order valence-electron chi connectivity index (χ3n) is 6.53. The van der Waals surface area contributed by atoms with E-state index in [1.54, 1.807) is 18.1 Å². The summed E-state index contributed by atoms with van der Waals surface area (Å²) in [5, 5.41) is 3.00. The monoisotopic (exact) mass is 517 g/mol. The first kappa shape index (κ1) is 29.5. The Labute approximate surface area is 221 Å². The molecule has 0 radical (unpaired) electrons. The van der Waals surface area contributed by atoms with Crippen LogP contribution in [0.1, 0.15) is 64.9 Å². The second kappa shape index (κ2) is 13.5. The highest BCUT2D eigenvalue weighted by molar-refractivity contribution is 6.03. The van der Waals surface area contributed by atoms with Gasteiger partial charge in [0, 0.05) is 23.9 Å². The summed E-state index contributed by atoms with van der Waals surface area (Å²) in [4.78, 5) is 27.6. The van der Waals surface area contributed by atoms with E-state index >= 15 is 0 Å². The molecule has 36 heavy (non-hydrogen) atoms. The molecule has 198 valence electrons. The van der Waals surface area contributed by atoms with Crippen LogP contribution in [0.2, 0.25) is 0 Å². The second-order valence-electron chi connectivity index (χ2n) is 10.2. The molecular weight excluding hydrogens is 478 g/mol. The lowest BCUT2D eigenvalue weighted by Gasteiger charge is -2.29. The standard InChI is InChI=1S/C28H39N3O4.ClH/c1-28(2,3)23-17-22(34-4)18-24(26(23)35-25(32)19-29)30-27(33)31(21-13-9-6-10-14-21)16-15-20-11-7-5-8-12-20;/h6,9-10,13-14,17-18,20H,5,7-8,11-12,15-16,19,29H2,1-4H3,(H,30,33);1H. The van der Waals surface area contributed by atoms with Crippen LogP contribution < -0.4 is 25.4 Å². The predicted octanol–water partition coefficient (Wildman–Crippen LogP) is 6.29. The topological polar surface area (TPSA) is 93.9 Å². The van der Waals surface area contributed by atoms with Gasteiger partial charge in [-0.1, -0.05) is 71.1 Å². The number of nitrogens with two attached hydrogens (primary N) is 1. The Kier molecular flexibility index (Phi) is 11.1. The van der Waals surface area contributed by atoms with Crippen molar-refractivity contribution < 1.29 is 19.1 Å². The summed E-state index contributed by atoms with van der Waals surface area (Å²) in [6.45, 7) is 6.36. The van der Waals surface area contributed by atoms with Crippen molar-refractivity contribution in [3.63, 3.8) is 0 Å². The van der Waals surface area contributed by atoms with Crippen LogP contribution in [0.5, 0.6) is 11.5 Å². The highest BCUT2D eigenvalue weighted by Gasteiger charge is 2.27. The smallest absolute Gasteiger partial charge is 0.326 e. The highest BCUT2D eigenvalue weighted by Crippen LogP contribution is 2.41. The van der Waals surface area contributed by atoms with Crippen LogP contribution in [0.3, 0.4) is 0 Å². The summed E-state index contributed by atoms with van der Waals surface area (Å²) in [6, 6.07) is 12.9. The largest absolute Gasteiger partial charge is 0.497 e. The number of anilines is 2. The summed E-state index contributed by atoms with van der Waals surface area (Å²) in [7, 11) is 1.57. The molecule has 1 aliphatic carbocycles. The van der Waals surface area contributed by atoms with E-state index in [-0.39, 0.29) is 30.4 Å². The molecule has 0 unspecified atom stereocenters. The van der Waals surface area contributed by atoms with Crippen LogP contribution in [-0.4, -0.2) is 32.2 Å². The minimum atomic E-state index is -0.576. The number of benzene rings is 2. The van der Waals surface area contributed by atoms with Crippen LogP contribution in [-0.2, 0) is 10.2 Å². The van der Waals surface area contributed by atoms with E-state index in [1.807, 2.05) is 57.2 Å². The normalized spacial score (nSPS) is 13.9. The first-order chi connectivity index (χ1) is 16.7.